The van der Waals surface area contributed by atoms with E-state index in [9.17, 15) is 10.2 Å². The Labute approximate surface area is 115 Å². The zero-order valence-corrected chi connectivity index (χ0v) is 12.2. The standard InChI is InChI=1S/C16H25NO2/c1-11-8-12(2)16(19)15(9-11)10-17-6-4-14(5-7-17)13(3)18/h8-9,13-14,18-19H,4-7,10H2,1-3H3. The van der Waals surface area contributed by atoms with Gasteiger partial charge in [-0.05, 0) is 58.2 Å². The number of aliphatic hydroxyl groups excluding tert-OH is 1. The molecule has 2 N–H and O–H groups in total. The first-order valence-corrected chi connectivity index (χ1v) is 7.17. The third-order valence-electron chi connectivity index (χ3n) is 4.23. The molecule has 0 saturated carbocycles. The van der Waals surface area contributed by atoms with Crippen LogP contribution >= 0.6 is 0 Å². The van der Waals surface area contributed by atoms with Gasteiger partial charge in [0.05, 0.1) is 6.10 Å². The molecule has 0 radical (unpaired) electrons. The van der Waals surface area contributed by atoms with Gasteiger partial charge in [0.1, 0.15) is 5.75 Å². The fraction of sp³-hybridized carbons (Fsp3) is 0.625. The Kier molecular flexibility index (Phi) is 4.48. The van der Waals surface area contributed by atoms with Crippen molar-refractivity contribution < 1.29 is 10.2 Å². The summed E-state index contributed by atoms with van der Waals surface area (Å²) in [4.78, 5) is 2.37. The summed E-state index contributed by atoms with van der Waals surface area (Å²) in [6.07, 6.45) is 1.89. The van der Waals surface area contributed by atoms with Crippen LogP contribution in [0.25, 0.3) is 0 Å². The van der Waals surface area contributed by atoms with Crippen LogP contribution in [0.5, 0.6) is 5.75 Å². The maximum absolute atomic E-state index is 10.1. The second kappa shape index (κ2) is 5.93. The van der Waals surface area contributed by atoms with Gasteiger partial charge in [-0.3, -0.25) is 4.90 Å². The summed E-state index contributed by atoms with van der Waals surface area (Å²) < 4.78 is 0. The van der Waals surface area contributed by atoms with Crippen LogP contribution < -0.4 is 0 Å². The lowest BCUT2D eigenvalue weighted by atomic mass is 9.92. The largest absolute Gasteiger partial charge is 0.507 e. The van der Waals surface area contributed by atoms with Crippen molar-refractivity contribution in [3.63, 3.8) is 0 Å². The van der Waals surface area contributed by atoms with Gasteiger partial charge >= 0.3 is 0 Å². The first-order chi connectivity index (χ1) is 8.97. The quantitative estimate of drug-likeness (QED) is 0.881. The Balaban J connectivity index is 2.00. The summed E-state index contributed by atoms with van der Waals surface area (Å²) in [5.74, 6) is 0.868. The van der Waals surface area contributed by atoms with Crippen LogP contribution in [0, 0.1) is 19.8 Å². The maximum atomic E-state index is 10.1. The molecular weight excluding hydrogens is 238 g/mol. The Hall–Kier alpha value is -1.06. The summed E-state index contributed by atoms with van der Waals surface area (Å²) in [5.41, 5.74) is 3.17. The number of aliphatic hydroxyl groups is 1. The van der Waals surface area contributed by atoms with E-state index in [-0.39, 0.29) is 6.10 Å². The first kappa shape index (κ1) is 14.4. The van der Waals surface area contributed by atoms with Crippen LogP contribution in [0.4, 0.5) is 0 Å². The van der Waals surface area contributed by atoms with Crippen molar-refractivity contribution in [3.05, 3.63) is 28.8 Å². The van der Waals surface area contributed by atoms with Crippen LogP contribution in [0.2, 0.25) is 0 Å². The van der Waals surface area contributed by atoms with Crippen LogP contribution in [0.3, 0.4) is 0 Å². The smallest absolute Gasteiger partial charge is 0.122 e. The van der Waals surface area contributed by atoms with Gasteiger partial charge in [-0.1, -0.05) is 17.7 Å². The topological polar surface area (TPSA) is 43.7 Å². The second-order valence-electron chi connectivity index (χ2n) is 5.94. The SMILES string of the molecule is Cc1cc(C)c(O)c(CN2CCC(C(C)O)CC2)c1. The molecule has 1 atom stereocenters. The fourth-order valence-corrected chi connectivity index (χ4v) is 3.00. The average Bonchev–Trinajstić information content (AvgIpc) is 2.36. The second-order valence-corrected chi connectivity index (χ2v) is 5.94. The molecule has 0 spiro atoms. The lowest BCUT2D eigenvalue weighted by molar-refractivity contribution is 0.0693. The summed E-state index contributed by atoms with van der Waals surface area (Å²) in [5, 5.41) is 19.7. The first-order valence-electron chi connectivity index (χ1n) is 7.17. The summed E-state index contributed by atoms with van der Waals surface area (Å²) in [6, 6.07) is 4.08. The normalized spacial score (nSPS) is 19.6. The minimum Gasteiger partial charge on any atom is -0.507 e. The minimum atomic E-state index is -0.197. The number of phenols is 1. The van der Waals surface area contributed by atoms with E-state index in [0.717, 1.165) is 43.6 Å². The molecule has 1 aliphatic rings. The molecule has 1 saturated heterocycles. The van der Waals surface area contributed by atoms with E-state index in [2.05, 4.69) is 17.9 Å². The number of aromatic hydroxyl groups is 1. The van der Waals surface area contributed by atoms with Gasteiger partial charge in [-0.2, -0.15) is 0 Å². The van der Waals surface area contributed by atoms with Crippen molar-refractivity contribution >= 4 is 0 Å². The zero-order chi connectivity index (χ0) is 14.0. The third kappa shape index (κ3) is 3.48. The molecule has 3 nitrogen and oxygen atoms in total. The highest BCUT2D eigenvalue weighted by Gasteiger charge is 2.23. The number of likely N-dealkylation sites (tertiary alicyclic amines) is 1. The Morgan fingerprint density at radius 3 is 2.47 bits per heavy atom. The number of piperidine rings is 1. The number of phenolic OH excluding ortho intramolecular Hbond substituents is 1. The van der Waals surface area contributed by atoms with E-state index < -0.39 is 0 Å². The molecule has 106 valence electrons. The third-order valence-corrected chi connectivity index (χ3v) is 4.23. The van der Waals surface area contributed by atoms with E-state index in [1.165, 1.54) is 5.56 Å². The number of hydrogen-bond acceptors (Lipinski definition) is 3. The molecule has 1 fully saturated rings. The fourth-order valence-electron chi connectivity index (χ4n) is 3.00. The number of hydrogen-bond donors (Lipinski definition) is 2. The molecule has 19 heavy (non-hydrogen) atoms. The van der Waals surface area contributed by atoms with Gasteiger partial charge in [0.15, 0.2) is 0 Å². The van der Waals surface area contributed by atoms with Gasteiger partial charge in [0, 0.05) is 12.1 Å². The van der Waals surface area contributed by atoms with Crippen LogP contribution in [-0.4, -0.2) is 34.3 Å². The van der Waals surface area contributed by atoms with Crippen molar-refractivity contribution in [2.45, 2.75) is 46.3 Å². The molecule has 3 heteroatoms. The van der Waals surface area contributed by atoms with Crippen LogP contribution in [-0.2, 0) is 6.54 Å². The number of rotatable bonds is 3. The molecule has 1 aromatic carbocycles. The van der Waals surface area contributed by atoms with Crippen molar-refractivity contribution in [3.8, 4) is 5.75 Å². The van der Waals surface area contributed by atoms with Gasteiger partial charge < -0.3 is 10.2 Å². The molecule has 1 heterocycles. The van der Waals surface area contributed by atoms with Crippen LogP contribution in [0.15, 0.2) is 12.1 Å². The molecule has 2 rings (SSSR count). The Morgan fingerprint density at radius 1 is 1.26 bits per heavy atom. The number of benzene rings is 1. The molecule has 1 aromatic rings. The molecule has 1 aliphatic heterocycles. The van der Waals surface area contributed by atoms with Crippen molar-refractivity contribution in [2.75, 3.05) is 13.1 Å². The lowest BCUT2D eigenvalue weighted by Gasteiger charge is -2.33. The number of aryl methyl sites for hydroxylation is 2. The minimum absolute atomic E-state index is 0.197. The zero-order valence-electron chi connectivity index (χ0n) is 12.2. The monoisotopic (exact) mass is 263 g/mol. The van der Waals surface area contributed by atoms with E-state index in [1.54, 1.807) is 0 Å². The molecule has 1 unspecified atom stereocenters. The van der Waals surface area contributed by atoms with Crippen molar-refractivity contribution in [1.82, 2.24) is 4.90 Å². The van der Waals surface area contributed by atoms with E-state index in [1.807, 2.05) is 19.9 Å². The predicted molar refractivity (Wildman–Crippen MR) is 77.3 cm³/mol. The molecule has 0 aliphatic carbocycles. The summed E-state index contributed by atoms with van der Waals surface area (Å²) in [7, 11) is 0. The lowest BCUT2D eigenvalue weighted by Crippen LogP contribution is -2.36. The molecule has 0 amide bonds. The van der Waals surface area contributed by atoms with Gasteiger partial charge in [-0.15, -0.1) is 0 Å². The average molecular weight is 263 g/mol. The highest BCUT2D eigenvalue weighted by molar-refractivity contribution is 5.42. The Bertz CT molecular complexity index is 435. The highest BCUT2D eigenvalue weighted by Crippen LogP contribution is 2.27. The van der Waals surface area contributed by atoms with Gasteiger partial charge in [0.2, 0.25) is 0 Å². The maximum Gasteiger partial charge on any atom is 0.122 e. The predicted octanol–water partition coefficient (Wildman–Crippen LogP) is 2.60. The van der Waals surface area contributed by atoms with Gasteiger partial charge in [-0.25, -0.2) is 0 Å². The van der Waals surface area contributed by atoms with Crippen molar-refractivity contribution in [2.24, 2.45) is 5.92 Å². The van der Waals surface area contributed by atoms with E-state index >= 15 is 0 Å². The van der Waals surface area contributed by atoms with Crippen LogP contribution in [0.1, 0.15) is 36.5 Å². The van der Waals surface area contributed by atoms with Gasteiger partial charge in [0.25, 0.3) is 0 Å². The van der Waals surface area contributed by atoms with Crippen molar-refractivity contribution in [1.29, 1.82) is 0 Å². The molecular formula is C16H25NO2. The molecule has 0 bridgehead atoms. The summed E-state index contributed by atoms with van der Waals surface area (Å²) >= 11 is 0. The number of nitrogens with zero attached hydrogens (tertiary/aromatic N) is 1. The molecule has 0 aromatic heterocycles. The van der Waals surface area contributed by atoms with E-state index in [0.29, 0.717) is 11.7 Å². The highest BCUT2D eigenvalue weighted by atomic mass is 16.3. The Morgan fingerprint density at radius 2 is 1.89 bits per heavy atom. The van der Waals surface area contributed by atoms with E-state index in [4.69, 9.17) is 0 Å². The summed E-state index contributed by atoms with van der Waals surface area (Å²) in [6.45, 7) is 8.71.